The molecule has 22 heteroatoms. The number of carbonyl (C=O) groups excluding carboxylic acids is 6. The van der Waals surface area contributed by atoms with Gasteiger partial charge in [-0.2, -0.15) is 5.26 Å². The van der Waals surface area contributed by atoms with Crippen molar-refractivity contribution in [2.45, 2.75) is 86.2 Å². The van der Waals surface area contributed by atoms with Gasteiger partial charge in [0.2, 0.25) is 21.7 Å². The Morgan fingerprint density at radius 2 is 1.34 bits per heavy atom. The molecule has 73 heavy (non-hydrogen) atoms. The van der Waals surface area contributed by atoms with Crippen molar-refractivity contribution in [2.24, 2.45) is 5.92 Å². The first-order valence-corrected chi connectivity index (χ1v) is 25.3. The maximum Gasteiger partial charge on any atom is 0.364 e. The van der Waals surface area contributed by atoms with Crippen LogP contribution in [0.2, 0.25) is 0 Å². The molecule has 2 heterocycles. The van der Waals surface area contributed by atoms with E-state index in [0.29, 0.717) is 23.6 Å². The number of likely N-dealkylation sites (tertiary alicyclic amines) is 1. The molecule has 8 N–H and O–H groups in total. The number of amides is 6. The number of benzene rings is 4. The number of aliphatic carboxylic acids is 2. The number of carbonyl (C=O) groups is 8. The van der Waals surface area contributed by atoms with E-state index < -0.39 is 82.3 Å². The van der Waals surface area contributed by atoms with Crippen LogP contribution in [-0.4, -0.2) is 128 Å². The van der Waals surface area contributed by atoms with Gasteiger partial charge in [-0.3, -0.25) is 28.9 Å². The molecule has 0 spiro atoms. The fourth-order valence-corrected chi connectivity index (χ4v) is 10.3. The summed E-state index contributed by atoms with van der Waals surface area (Å²) in [5.41, 5.74) is 2.80. The minimum atomic E-state index is -4.19. The fraction of sp³-hybridized carbons (Fsp3) is 0.373. The number of hydrogen-bond acceptors (Lipinski definition) is 13. The van der Waals surface area contributed by atoms with Crippen LogP contribution >= 0.6 is 0 Å². The van der Waals surface area contributed by atoms with Crippen LogP contribution in [-0.2, 0) is 58.1 Å². The quantitative estimate of drug-likeness (QED) is 0.0284. The molecule has 1 saturated heterocycles. The van der Waals surface area contributed by atoms with E-state index in [0.717, 1.165) is 45.3 Å². The summed E-state index contributed by atoms with van der Waals surface area (Å²) in [7, 11) is -4.19. The first kappa shape index (κ1) is 54.6. The lowest BCUT2D eigenvalue weighted by Crippen LogP contribution is -2.51. The summed E-state index contributed by atoms with van der Waals surface area (Å²) in [5.74, 6) is -5.49. The zero-order chi connectivity index (χ0) is 52.5. The Kier molecular flexibility index (Phi) is 19.6. The SMILES string of the molecule is O=C(O)CCC(NC(=O)NC(CCC(=O)NCCNC(=O)Cc1ccc(CN2C(=O)c3ccccc3S(=O)(=O)c3ccc(C(=O)NCCCN4CCC(Cc5ccccc5)CC4)cc32)cc1)C(=O)O)C(=O)OO. The molecule has 6 amide bonds. The van der Waals surface area contributed by atoms with E-state index in [-0.39, 0.29) is 65.5 Å². The van der Waals surface area contributed by atoms with Crippen molar-refractivity contribution in [2.75, 3.05) is 44.2 Å². The number of hydrogen-bond donors (Lipinski definition) is 8. The third-order valence-corrected chi connectivity index (χ3v) is 14.4. The Bertz CT molecular complexity index is 2750. The van der Waals surface area contributed by atoms with Crippen LogP contribution in [0.1, 0.15) is 82.4 Å². The average molecular weight is 1030 g/mol. The Labute approximate surface area is 421 Å². The molecule has 388 valence electrons. The first-order valence-electron chi connectivity index (χ1n) is 23.8. The Hall–Kier alpha value is -7.69. The molecule has 6 rings (SSSR count). The van der Waals surface area contributed by atoms with Gasteiger partial charge in [0, 0.05) is 38.0 Å². The molecule has 0 aliphatic carbocycles. The van der Waals surface area contributed by atoms with Crippen molar-refractivity contribution in [3.63, 3.8) is 0 Å². The number of piperidine rings is 1. The van der Waals surface area contributed by atoms with Crippen molar-refractivity contribution in [1.29, 1.82) is 0 Å². The smallest absolute Gasteiger partial charge is 0.364 e. The summed E-state index contributed by atoms with van der Waals surface area (Å²) < 4.78 is 28.1. The van der Waals surface area contributed by atoms with Gasteiger partial charge >= 0.3 is 23.9 Å². The Balaban J connectivity index is 0.981. The highest BCUT2D eigenvalue weighted by atomic mass is 32.2. The van der Waals surface area contributed by atoms with Crippen molar-refractivity contribution in [1.82, 2.24) is 31.5 Å². The molecule has 0 saturated carbocycles. The molecule has 1 fully saturated rings. The van der Waals surface area contributed by atoms with E-state index in [1.54, 1.807) is 36.4 Å². The van der Waals surface area contributed by atoms with E-state index in [4.69, 9.17) is 10.4 Å². The average Bonchev–Trinajstić information content (AvgIpc) is 3.44. The molecule has 4 aromatic rings. The zero-order valence-corrected chi connectivity index (χ0v) is 40.7. The Morgan fingerprint density at radius 3 is 2.03 bits per heavy atom. The van der Waals surface area contributed by atoms with Gasteiger partial charge in [-0.25, -0.2) is 22.8 Å². The molecule has 0 aromatic heterocycles. The third-order valence-electron chi connectivity index (χ3n) is 12.6. The van der Waals surface area contributed by atoms with E-state index in [2.05, 4.69) is 55.3 Å². The number of anilines is 1. The van der Waals surface area contributed by atoms with Crippen LogP contribution < -0.4 is 31.5 Å². The van der Waals surface area contributed by atoms with E-state index in [1.807, 2.05) is 11.4 Å². The molecule has 2 aliphatic rings. The predicted octanol–water partition coefficient (Wildman–Crippen LogP) is 3.31. The van der Waals surface area contributed by atoms with Crippen LogP contribution in [0.5, 0.6) is 0 Å². The summed E-state index contributed by atoms with van der Waals surface area (Å²) in [6, 6.07) is 23.1. The van der Waals surface area contributed by atoms with Gasteiger partial charge in [-0.1, -0.05) is 66.7 Å². The summed E-state index contributed by atoms with van der Waals surface area (Å²) >= 11 is 0. The number of rotatable bonds is 24. The summed E-state index contributed by atoms with van der Waals surface area (Å²) in [4.78, 5) is 107. The number of carboxylic acids is 2. The molecule has 21 nitrogen and oxygen atoms in total. The van der Waals surface area contributed by atoms with Crippen LogP contribution in [0.15, 0.2) is 107 Å². The summed E-state index contributed by atoms with van der Waals surface area (Å²) in [5, 5.41) is 39.2. The minimum absolute atomic E-state index is 0.0140. The molecule has 0 bridgehead atoms. The van der Waals surface area contributed by atoms with Gasteiger partial charge in [0.15, 0.2) is 0 Å². The van der Waals surface area contributed by atoms with Crippen LogP contribution in [0.3, 0.4) is 0 Å². The highest BCUT2D eigenvalue weighted by Gasteiger charge is 2.36. The summed E-state index contributed by atoms with van der Waals surface area (Å²) in [6.07, 6.45) is 2.21. The van der Waals surface area contributed by atoms with Gasteiger partial charge in [0.25, 0.3) is 11.8 Å². The normalized spacial score (nSPS) is 15.0. The third kappa shape index (κ3) is 15.7. The topological polar surface area (TPSA) is 307 Å². The molecule has 2 atom stereocenters. The zero-order valence-electron chi connectivity index (χ0n) is 39.9. The molecular weight excluding hydrogens is 967 g/mol. The molecular formula is C51H59N7O14S. The van der Waals surface area contributed by atoms with Crippen LogP contribution in [0.4, 0.5) is 10.5 Å². The van der Waals surface area contributed by atoms with Gasteiger partial charge in [0.05, 0.1) is 34.0 Å². The lowest BCUT2D eigenvalue weighted by atomic mass is 9.90. The van der Waals surface area contributed by atoms with Gasteiger partial charge in [0.1, 0.15) is 12.1 Å². The molecule has 4 aromatic carbocycles. The largest absolute Gasteiger partial charge is 0.481 e. The van der Waals surface area contributed by atoms with E-state index in [9.17, 15) is 51.9 Å². The highest BCUT2D eigenvalue weighted by molar-refractivity contribution is 7.91. The van der Waals surface area contributed by atoms with Gasteiger partial charge in [-0.05, 0) is 111 Å². The van der Waals surface area contributed by atoms with Gasteiger partial charge < -0.3 is 46.6 Å². The second-order valence-electron chi connectivity index (χ2n) is 17.8. The second-order valence-corrected chi connectivity index (χ2v) is 19.7. The number of nitrogens with one attached hydrogen (secondary N) is 5. The number of urea groups is 1. The number of fused-ring (bicyclic) bond motifs is 2. The van der Waals surface area contributed by atoms with Gasteiger partial charge in [-0.15, -0.1) is 0 Å². The molecule has 2 aliphatic heterocycles. The number of sulfone groups is 1. The van der Waals surface area contributed by atoms with Crippen LogP contribution in [0, 0.1) is 5.92 Å². The van der Waals surface area contributed by atoms with Crippen LogP contribution in [0.25, 0.3) is 0 Å². The van der Waals surface area contributed by atoms with E-state index in [1.165, 1.54) is 40.8 Å². The highest BCUT2D eigenvalue weighted by Crippen LogP contribution is 2.38. The maximum absolute atomic E-state index is 14.3. The second kappa shape index (κ2) is 26.1. The van der Waals surface area contributed by atoms with Crippen molar-refractivity contribution in [3.8, 4) is 0 Å². The predicted molar refractivity (Wildman–Crippen MR) is 263 cm³/mol. The fourth-order valence-electron chi connectivity index (χ4n) is 8.63. The van der Waals surface area contributed by atoms with E-state index >= 15 is 0 Å². The molecule has 0 radical (unpaired) electrons. The lowest BCUT2D eigenvalue weighted by Gasteiger charge is -2.32. The van der Waals surface area contributed by atoms with Crippen molar-refractivity contribution >= 4 is 63.1 Å². The monoisotopic (exact) mass is 1030 g/mol. The number of carboxylic acid groups (broad SMARTS) is 2. The molecule has 2 unspecified atom stereocenters. The summed E-state index contributed by atoms with van der Waals surface area (Å²) in [6.45, 7) is 3.16. The maximum atomic E-state index is 14.3. The first-order chi connectivity index (χ1) is 35.0. The lowest BCUT2D eigenvalue weighted by molar-refractivity contribution is -0.236. The minimum Gasteiger partial charge on any atom is -0.481 e. The van der Waals surface area contributed by atoms with Crippen molar-refractivity contribution in [3.05, 3.63) is 125 Å². The number of nitrogens with zero attached hydrogens (tertiary/aromatic N) is 2. The Morgan fingerprint density at radius 1 is 0.699 bits per heavy atom. The standard InChI is InChI=1S/C51H59N7O14S/c59-44(19-16-39(49(65)66)55-51(68)56-40(50(67)72-69)17-20-46(61)62)52-24-25-53-45(60)30-34-11-13-36(14-12-34)32-58-41-31-37(15-18-43(41)73(70,71)42-10-5-4-9-38(42)48(58)64)47(63)54-23-6-26-57-27-21-35(22-28-57)29-33-7-2-1-3-8-33/h1-5,7-15,18,31,35,39-40,69H,6,16-17,19-30,32H2,(H,52,59)(H,53,60)(H,54,63)(H,61,62)(H,65,66)(H2,55,56,68). The van der Waals surface area contributed by atoms with Crippen molar-refractivity contribution < 1.29 is 67.1 Å².